The third-order valence-corrected chi connectivity index (χ3v) is 6.31. The molecule has 0 fully saturated rings. The van der Waals surface area contributed by atoms with Gasteiger partial charge in [0.25, 0.3) is 0 Å². The first kappa shape index (κ1) is 22.6. The number of sulfonamides is 1. The van der Waals surface area contributed by atoms with Gasteiger partial charge in [0.15, 0.2) is 0 Å². The Morgan fingerprint density at radius 2 is 1.35 bits per heavy atom. The van der Waals surface area contributed by atoms with Crippen LogP contribution in [-0.2, 0) is 27.9 Å². The molecule has 0 bridgehead atoms. The predicted molar refractivity (Wildman–Crippen MR) is 125 cm³/mol. The number of carbonyl (C=O) groups excluding carboxylic acids is 1. The maximum absolute atomic E-state index is 13.6. The molecule has 6 heteroatoms. The summed E-state index contributed by atoms with van der Waals surface area (Å²) in [5, 5.41) is 0. The number of amides is 1. The van der Waals surface area contributed by atoms with E-state index in [1.54, 1.807) is 30.0 Å². The summed E-state index contributed by atoms with van der Waals surface area (Å²) in [4.78, 5) is 15.3. The molecule has 162 valence electrons. The summed E-state index contributed by atoms with van der Waals surface area (Å²) < 4.78 is 26.6. The highest BCUT2D eigenvalue weighted by Gasteiger charge is 2.32. The van der Waals surface area contributed by atoms with E-state index in [4.69, 9.17) is 0 Å². The van der Waals surface area contributed by atoms with Crippen molar-refractivity contribution in [1.82, 2.24) is 4.90 Å². The van der Waals surface area contributed by atoms with Gasteiger partial charge in [0.05, 0.1) is 11.9 Å². The van der Waals surface area contributed by atoms with Gasteiger partial charge in [-0.3, -0.25) is 9.10 Å². The van der Waals surface area contributed by atoms with Crippen LogP contribution in [0.2, 0.25) is 0 Å². The van der Waals surface area contributed by atoms with E-state index in [1.807, 2.05) is 73.7 Å². The van der Waals surface area contributed by atoms with E-state index in [0.29, 0.717) is 18.8 Å². The van der Waals surface area contributed by atoms with Gasteiger partial charge in [-0.1, -0.05) is 72.8 Å². The molecule has 0 saturated carbocycles. The van der Waals surface area contributed by atoms with Crippen molar-refractivity contribution in [1.29, 1.82) is 0 Å². The van der Waals surface area contributed by atoms with Crippen LogP contribution in [0.15, 0.2) is 84.9 Å². The van der Waals surface area contributed by atoms with E-state index in [1.165, 1.54) is 4.31 Å². The minimum Gasteiger partial charge on any atom is -0.332 e. The zero-order valence-electron chi connectivity index (χ0n) is 18.1. The number of hydrogen-bond acceptors (Lipinski definition) is 3. The van der Waals surface area contributed by atoms with Gasteiger partial charge < -0.3 is 4.90 Å². The standard InChI is InChI=1S/C25H28N2O3S/c1-20-11-10-16-24(17-20)27(31(3,29)30)21(2)25(28)26(18-22-12-6-4-7-13-22)19-23-14-8-5-9-15-23/h4-17,21H,18-19H2,1-3H3. The Bertz CT molecular complexity index is 1070. The van der Waals surface area contributed by atoms with E-state index < -0.39 is 16.1 Å². The molecule has 0 saturated heterocycles. The first-order valence-corrected chi connectivity index (χ1v) is 12.0. The highest BCUT2D eigenvalue weighted by molar-refractivity contribution is 7.92. The number of aryl methyl sites for hydroxylation is 1. The Morgan fingerprint density at radius 1 is 0.839 bits per heavy atom. The normalized spacial score (nSPS) is 12.2. The van der Waals surface area contributed by atoms with Crippen LogP contribution in [0.4, 0.5) is 5.69 Å². The lowest BCUT2D eigenvalue weighted by Gasteiger charge is -2.33. The fourth-order valence-corrected chi connectivity index (χ4v) is 4.81. The molecule has 1 amide bonds. The second kappa shape index (κ2) is 9.79. The molecule has 0 spiro atoms. The topological polar surface area (TPSA) is 57.7 Å². The summed E-state index contributed by atoms with van der Waals surface area (Å²) in [7, 11) is -3.67. The summed E-state index contributed by atoms with van der Waals surface area (Å²) in [5.41, 5.74) is 3.39. The minimum absolute atomic E-state index is 0.250. The van der Waals surface area contributed by atoms with Crippen molar-refractivity contribution in [3.05, 3.63) is 102 Å². The van der Waals surface area contributed by atoms with Crippen molar-refractivity contribution in [2.45, 2.75) is 33.0 Å². The Morgan fingerprint density at radius 3 is 1.81 bits per heavy atom. The maximum Gasteiger partial charge on any atom is 0.246 e. The highest BCUT2D eigenvalue weighted by atomic mass is 32.2. The van der Waals surface area contributed by atoms with Crippen LogP contribution in [0.25, 0.3) is 0 Å². The fourth-order valence-electron chi connectivity index (χ4n) is 3.65. The Balaban J connectivity index is 1.95. The van der Waals surface area contributed by atoms with Crippen LogP contribution in [0, 0.1) is 6.92 Å². The lowest BCUT2D eigenvalue weighted by atomic mass is 10.1. The van der Waals surface area contributed by atoms with Crippen LogP contribution in [0.5, 0.6) is 0 Å². The van der Waals surface area contributed by atoms with E-state index in [9.17, 15) is 13.2 Å². The van der Waals surface area contributed by atoms with Gasteiger partial charge in [0.2, 0.25) is 15.9 Å². The van der Waals surface area contributed by atoms with Crippen LogP contribution < -0.4 is 4.31 Å². The average Bonchev–Trinajstić information content (AvgIpc) is 2.73. The summed E-state index contributed by atoms with van der Waals surface area (Å²) >= 11 is 0. The van der Waals surface area contributed by atoms with Crippen LogP contribution in [0.3, 0.4) is 0 Å². The maximum atomic E-state index is 13.6. The Kier molecular flexibility index (Phi) is 7.13. The van der Waals surface area contributed by atoms with Gasteiger partial charge in [-0.05, 0) is 42.7 Å². The molecule has 3 aromatic carbocycles. The van der Waals surface area contributed by atoms with Gasteiger partial charge in [0, 0.05) is 13.1 Å². The summed E-state index contributed by atoms with van der Waals surface area (Å²) in [6.07, 6.45) is 1.14. The molecular formula is C25H28N2O3S. The van der Waals surface area contributed by atoms with Gasteiger partial charge in [-0.2, -0.15) is 0 Å². The van der Waals surface area contributed by atoms with E-state index in [-0.39, 0.29) is 5.91 Å². The third-order valence-electron chi connectivity index (χ3n) is 5.07. The molecule has 0 aliphatic carbocycles. The molecule has 0 aliphatic heterocycles. The molecule has 5 nitrogen and oxygen atoms in total. The number of hydrogen-bond donors (Lipinski definition) is 0. The lowest BCUT2D eigenvalue weighted by molar-refractivity contribution is -0.133. The van der Waals surface area contributed by atoms with Crippen LogP contribution in [-0.4, -0.2) is 31.5 Å². The molecule has 3 rings (SSSR count). The van der Waals surface area contributed by atoms with E-state index in [2.05, 4.69) is 0 Å². The van der Waals surface area contributed by atoms with Crippen molar-refractivity contribution < 1.29 is 13.2 Å². The van der Waals surface area contributed by atoms with Crippen molar-refractivity contribution in [3.8, 4) is 0 Å². The molecule has 0 N–H and O–H groups in total. The first-order valence-electron chi connectivity index (χ1n) is 10.2. The molecule has 0 heterocycles. The molecule has 0 aromatic heterocycles. The summed E-state index contributed by atoms with van der Waals surface area (Å²) in [6, 6.07) is 25.7. The largest absolute Gasteiger partial charge is 0.332 e. The van der Waals surface area contributed by atoms with Crippen molar-refractivity contribution in [2.24, 2.45) is 0 Å². The van der Waals surface area contributed by atoms with Gasteiger partial charge in [-0.15, -0.1) is 0 Å². The molecular weight excluding hydrogens is 408 g/mol. The molecule has 0 aliphatic rings. The molecule has 31 heavy (non-hydrogen) atoms. The monoisotopic (exact) mass is 436 g/mol. The zero-order valence-corrected chi connectivity index (χ0v) is 18.9. The van der Waals surface area contributed by atoms with Crippen molar-refractivity contribution in [3.63, 3.8) is 0 Å². The van der Waals surface area contributed by atoms with Crippen molar-refractivity contribution in [2.75, 3.05) is 10.6 Å². The fraction of sp³-hybridized carbons (Fsp3) is 0.240. The summed E-state index contributed by atoms with van der Waals surface area (Å²) in [6.45, 7) is 4.33. The smallest absolute Gasteiger partial charge is 0.246 e. The molecule has 1 unspecified atom stereocenters. The highest BCUT2D eigenvalue weighted by Crippen LogP contribution is 2.24. The molecule has 3 aromatic rings. The first-order chi connectivity index (χ1) is 14.8. The van der Waals surface area contributed by atoms with Crippen molar-refractivity contribution >= 4 is 21.6 Å². The number of anilines is 1. The van der Waals surface area contributed by atoms with Crippen LogP contribution in [0.1, 0.15) is 23.6 Å². The second-order valence-electron chi connectivity index (χ2n) is 7.74. The number of benzene rings is 3. The quantitative estimate of drug-likeness (QED) is 0.527. The number of carbonyl (C=O) groups is 1. The zero-order chi connectivity index (χ0) is 22.4. The van der Waals surface area contributed by atoms with Gasteiger partial charge >= 0.3 is 0 Å². The third kappa shape index (κ3) is 5.95. The number of nitrogens with zero attached hydrogens (tertiary/aromatic N) is 2. The molecule has 0 radical (unpaired) electrons. The summed E-state index contributed by atoms with van der Waals surface area (Å²) in [5.74, 6) is -0.250. The Labute approximate surface area is 185 Å². The average molecular weight is 437 g/mol. The van der Waals surface area contributed by atoms with Crippen LogP contribution >= 0.6 is 0 Å². The number of rotatable bonds is 8. The second-order valence-corrected chi connectivity index (χ2v) is 9.60. The van der Waals surface area contributed by atoms with E-state index >= 15 is 0 Å². The van der Waals surface area contributed by atoms with E-state index in [0.717, 1.165) is 22.9 Å². The SMILES string of the molecule is Cc1cccc(N(C(C)C(=O)N(Cc2ccccc2)Cc2ccccc2)S(C)(=O)=O)c1. The minimum atomic E-state index is -3.67. The molecule has 1 atom stereocenters. The predicted octanol–water partition coefficient (Wildman–Crippen LogP) is 4.38. The van der Waals surface area contributed by atoms with Gasteiger partial charge in [-0.25, -0.2) is 8.42 Å². The van der Waals surface area contributed by atoms with Gasteiger partial charge in [0.1, 0.15) is 6.04 Å². The lowest BCUT2D eigenvalue weighted by Crippen LogP contribution is -2.49. The Hall–Kier alpha value is -3.12.